The highest BCUT2D eigenvalue weighted by atomic mass is 32.1. The van der Waals surface area contributed by atoms with Crippen LogP contribution in [0.3, 0.4) is 0 Å². The minimum absolute atomic E-state index is 0.0339. The number of furan rings is 1. The molecule has 0 bridgehead atoms. The molecule has 3 N–H and O–H groups in total. The number of nitrogens with one attached hydrogen (secondary N) is 3. The maximum Gasteiger partial charge on any atom is 0.291 e. The summed E-state index contributed by atoms with van der Waals surface area (Å²) in [6, 6.07) is 13.2. The van der Waals surface area contributed by atoms with E-state index < -0.39 is 5.91 Å². The summed E-state index contributed by atoms with van der Waals surface area (Å²) in [6.07, 6.45) is 3.37. The number of amides is 3. The van der Waals surface area contributed by atoms with E-state index in [9.17, 15) is 14.4 Å². The highest BCUT2D eigenvalue weighted by Gasteiger charge is 2.19. The first-order chi connectivity index (χ1) is 15.1. The van der Waals surface area contributed by atoms with Gasteiger partial charge in [-0.1, -0.05) is 12.1 Å². The zero-order valence-corrected chi connectivity index (χ0v) is 17.4. The molecule has 1 atom stereocenters. The largest absolute Gasteiger partial charge is 0.459 e. The van der Waals surface area contributed by atoms with Crippen LogP contribution in [0, 0.1) is 0 Å². The average Bonchev–Trinajstić information content (AvgIpc) is 3.55. The van der Waals surface area contributed by atoms with Crippen LogP contribution in [-0.2, 0) is 4.74 Å². The van der Waals surface area contributed by atoms with Gasteiger partial charge in [-0.25, -0.2) is 0 Å². The summed E-state index contributed by atoms with van der Waals surface area (Å²) in [5.74, 6) is -0.860. The van der Waals surface area contributed by atoms with E-state index in [0.717, 1.165) is 30.8 Å². The van der Waals surface area contributed by atoms with Crippen molar-refractivity contribution < 1.29 is 23.5 Å². The van der Waals surface area contributed by atoms with Crippen LogP contribution in [0.2, 0.25) is 0 Å². The molecule has 1 saturated heterocycles. The maximum absolute atomic E-state index is 12.7. The topological polar surface area (TPSA) is 110 Å². The van der Waals surface area contributed by atoms with E-state index in [1.165, 1.54) is 6.26 Å². The maximum atomic E-state index is 12.7. The molecule has 2 aromatic heterocycles. The standard InChI is InChI=1S/C22H21N3O5S/c26-20(23-13-14-5-3-11-29-14)15-6-1-2-7-16(15)24-22(28)18-9-10-19(31-18)25-21(27)17-8-4-12-30-17/h1-2,4,6-10,12,14H,3,5,11,13H2,(H,23,26)(H,24,28)(H,25,27). The number of hydrogen-bond donors (Lipinski definition) is 3. The Morgan fingerprint density at radius 3 is 2.61 bits per heavy atom. The van der Waals surface area contributed by atoms with E-state index in [1.54, 1.807) is 48.5 Å². The van der Waals surface area contributed by atoms with Gasteiger partial charge in [0.2, 0.25) is 0 Å². The third kappa shape index (κ3) is 5.19. The lowest BCUT2D eigenvalue weighted by atomic mass is 10.1. The second kappa shape index (κ2) is 9.59. The Bertz CT molecular complexity index is 1070. The molecule has 0 saturated carbocycles. The monoisotopic (exact) mass is 439 g/mol. The molecule has 1 unspecified atom stereocenters. The fourth-order valence-corrected chi connectivity index (χ4v) is 3.99. The van der Waals surface area contributed by atoms with Crippen LogP contribution in [0.25, 0.3) is 0 Å². The second-order valence-electron chi connectivity index (χ2n) is 6.94. The van der Waals surface area contributed by atoms with Gasteiger partial charge in [-0.15, -0.1) is 11.3 Å². The molecule has 0 spiro atoms. The first-order valence-corrected chi connectivity index (χ1v) is 10.7. The predicted molar refractivity (Wildman–Crippen MR) is 117 cm³/mol. The van der Waals surface area contributed by atoms with Crippen molar-refractivity contribution in [1.29, 1.82) is 0 Å². The number of rotatable bonds is 7. The highest BCUT2D eigenvalue weighted by molar-refractivity contribution is 7.18. The van der Waals surface area contributed by atoms with E-state index >= 15 is 0 Å². The third-order valence-electron chi connectivity index (χ3n) is 4.75. The molecule has 0 aliphatic carbocycles. The molecular formula is C22H21N3O5S. The molecule has 1 aliphatic rings. The summed E-state index contributed by atoms with van der Waals surface area (Å²) in [5.41, 5.74) is 0.781. The number of benzene rings is 1. The normalized spacial score (nSPS) is 15.4. The first-order valence-electron chi connectivity index (χ1n) is 9.85. The molecule has 4 rings (SSSR count). The van der Waals surface area contributed by atoms with Gasteiger partial charge in [0.25, 0.3) is 17.7 Å². The van der Waals surface area contributed by atoms with Gasteiger partial charge in [-0.3, -0.25) is 14.4 Å². The molecule has 1 aromatic carbocycles. The van der Waals surface area contributed by atoms with E-state index in [2.05, 4.69) is 16.0 Å². The minimum Gasteiger partial charge on any atom is -0.459 e. The van der Waals surface area contributed by atoms with Gasteiger partial charge >= 0.3 is 0 Å². The van der Waals surface area contributed by atoms with Gasteiger partial charge in [-0.2, -0.15) is 0 Å². The SMILES string of the molecule is O=C(Nc1ccc(C(=O)Nc2ccccc2C(=O)NCC2CCCO2)s1)c1ccco1. The number of para-hydroxylation sites is 1. The fraction of sp³-hybridized carbons (Fsp3) is 0.227. The molecule has 31 heavy (non-hydrogen) atoms. The van der Waals surface area contributed by atoms with Gasteiger partial charge in [0.1, 0.15) is 0 Å². The zero-order chi connectivity index (χ0) is 21.6. The van der Waals surface area contributed by atoms with E-state index in [4.69, 9.17) is 9.15 Å². The van der Waals surface area contributed by atoms with Crippen molar-refractivity contribution in [2.45, 2.75) is 18.9 Å². The van der Waals surface area contributed by atoms with Crippen molar-refractivity contribution in [2.24, 2.45) is 0 Å². The Kier molecular flexibility index (Phi) is 6.44. The van der Waals surface area contributed by atoms with Gasteiger partial charge < -0.3 is 25.1 Å². The molecule has 1 aliphatic heterocycles. The number of hydrogen-bond acceptors (Lipinski definition) is 6. The molecule has 8 nitrogen and oxygen atoms in total. The second-order valence-corrected chi connectivity index (χ2v) is 8.02. The van der Waals surface area contributed by atoms with E-state index in [1.807, 2.05) is 0 Å². The molecule has 3 heterocycles. The van der Waals surface area contributed by atoms with Crippen LogP contribution in [-0.4, -0.2) is 37.0 Å². The number of ether oxygens (including phenoxy) is 1. The molecule has 160 valence electrons. The van der Waals surface area contributed by atoms with Crippen molar-refractivity contribution in [3.63, 3.8) is 0 Å². The van der Waals surface area contributed by atoms with Gasteiger partial charge in [0.05, 0.1) is 33.5 Å². The van der Waals surface area contributed by atoms with E-state index in [0.29, 0.717) is 27.7 Å². The van der Waals surface area contributed by atoms with Crippen LogP contribution >= 0.6 is 11.3 Å². The zero-order valence-electron chi connectivity index (χ0n) is 16.6. The Balaban J connectivity index is 1.39. The number of carbonyl (C=O) groups excluding carboxylic acids is 3. The van der Waals surface area contributed by atoms with Crippen molar-refractivity contribution in [2.75, 3.05) is 23.8 Å². The summed E-state index contributed by atoms with van der Waals surface area (Å²) >= 11 is 1.12. The minimum atomic E-state index is -0.396. The number of thiophene rings is 1. The Morgan fingerprint density at radius 2 is 1.84 bits per heavy atom. The van der Waals surface area contributed by atoms with Crippen LogP contribution < -0.4 is 16.0 Å². The Hall–Kier alpha value is -3.43. The lowest BCUT2D eigenvalue weighted by Gasteiger charge is -2.13. The van der Waals surface area contributed by atoms with E-state index in [-0.39, 0.29) is 23.7 Å². The smallest absolute Gasteiger partial charge is 0.291 e. The summed E-state index contributed by atoms with van der Waals surface area (Å²) in [5, 5.41) is 8.84. The van der Waals surface area contributed by atoms with Gasteiger partial charge in [-0.05, 0) is 49.2 Å². The predicted octanol–water partition coefficient (Wildman–Crippen LogP) is 3.75. The quantitative estimate of drug-likeness (QED) is 0.519. The molecule has 3 amide bonds. The molecule has 3 aromatic rings. The van der Waals surface area contributed by atoms with Crippen LogP contribution in [0.5, 0.6) is 0 Å². The van der Waals surface area contributed by atoms with Crippen molar-refractivity contribution >= 4 is 39.7 Å². The van der Waals surface area contributed by atoms with Crippen LogP contribution in [0.15, 0.2) is 59.2 Å². The fourth-order valence-electron chi connectivity index (χ4n) is 3.19. The lowest BCUT2D eigenvalue weighted by Crippen LogP contribution is -2.32. The third-order valence-corrected chi connectivity index (χ3v) is 5.75. The Morgan fingerprint density at radius 1 is 0.968 bits per heavy atom. The molecule has 9 heteroatoms. The Labute approximate surface area is 182 Å². The highest BCUT2D eigenvalue weighted by Crippen LogP contribution is 2.24. The van der Waals surface area contributed by atoms with Crippen LogP contribution in [0.4, 0.5) is 10.7 Å². The van der Waals surface area contributed by atoms with Gasteiger partial charge in [0, 0.05) is 13.2 Å². The molecule has 1 fully saturated rings. The molecule has 0 radical (unpaired) electrons. The summed E-state index contributed by atoms with van der Waals surface area (Å²) in [4.78, 5) is 37.8. The number of anilines is 2. The first kappa shape index (κ1) is 20.8. The van der Waals surface area contributed by atoms with Crippen molar-refractivity contribution in [3.05, 3.63) is 71.0 Å². The van der Waals surface area contributed by atoms with Crippen molar-refractivity contribution in [3.8, 4) is 0 Å². The van der Waals surface area contributed by atoms with Gasteiger partial charge in [0.15, 0.2) is 5.76 Å². The van der Waals surface area contributed by atoms with Crippen LogP contribution in [0.1, 0.15) is 43.4 Å². The summed E-state index contributed by atoms with van der Waals surface area (Å²) in [6.45, 7) is 1.16. The average molecular weight is 439 g/mol. The molecular weight excluding hydrogens is 418 g/mol. The number of carbonyl (C=O) groups is 3. The summed E-state index contributed by atoms with van der Waals surface area (Å²) < 4.78 is 10.6. The lowest BCUT2D eigenvalue weighted by molar-refractivity contribution is 0.0858. The summed E-state index contributed by atoms with van der Waals surface area (Å²) in [7, 11) is 0. The van der Waals surface area contributed by atoms with Crippen molar-refractivity contribution in [1.82, 2.24) is 5.32 Å².